The first kappa shape index (κ1) is 17.4. The van der Waals surface area contributed by atoms with Gasteiger partial charge in [0.05, 0.1) is 6.61 Å². The number of rotatable bonds is 9. The van der Waals surface area contributed by atoms with E-state index in [1.165, 1.54) is 0 Å². The molecule has 1 aliphatic carbocycles. The number of aromatic amines is 1. The molecule has 2 heterocycles. The fourth-order valence-electron chi connectivity index (χ4n) is 3.45. The molecule has 0 unspecified atom stereocenters. The van der Waals surface area contributed by atoms with Crippen molar-refractivity contribution in [1.29, 1.82) is 0 Å². The molecule has 0 amide bonds. The van der Waals surface area contributed by atoms with Crippen molar-refractivity contribution in [2.45, 2.75) is 25.2 Å². The Morgan fingerprint density at radius 1 is 1.30 bits per heavy atom. The van der Waals surface area contributed by atoms with Crippen LogP contribution in [-0.2, 0) is 4.79 Å². The monoisotopic (exact) mass is 365 g/mol. The van der Waals surface area contributed by atoms with Gasteiger partial charge in [0.2, 0.25) is 0 Å². The lowest BCUT2D eigenvalue weighted by Gasteiger charge is -2.07. The molecule has 1 aliphatic rings. The summed E-state index contributed by atoms with van der Waals surface area (Å²) in [6.07, 6.45) is 3.85. The van der Waals surface area contributed by atoms with E-state index < -0.39 is 5.97 Å². The van der Waals surface area contributed by atoms with Crippen molar-refractivity contribution in [3.8, 4) is 5.75 Å². The van der Waals surface area contributed by atoms with Crippen LogP contribution in [0.3, 0.4) is 0 Å². The number of hydrogen-bond acceptors (Lipinski definition) is 4. The Morgan fingerprint density at radius 2 is 2.22 bits per heavy atom. The van der Waals surface area contributed by atoms with E-state index in [1.54, 1.807) is 6.20 Å². The molecule has 2 atom stereocenters. The highest BCUT2D eigenvalue weighted by molar-refractivity contribution is 5.82. The molecule has 0 bridgehead atoms. The van der Waals surface area contributed by atoms with Crippen LogP contribution < -0.4 is 10.1 Å². The first-order valence-electron chi connectivity index (χ1n) is 9.31. The molecule has 0 spiro atoms. The summed E-state index contributed by atoms with van der Waals surface area (Å²) in [5.41, 5.74) is 2.20. The summed E-state index contributed by atoms with van der Waals surface area (Å²) in [6, 6.07) is 13.9. The van der Waals surface area contributed by atoms with E-state index in [1.807, 2.05) is 36.4 Å². The van der Waals surface area contributed by atoms with Crippen molar-refractivity contribution in [2.75, 3.05) is 18.5 Å². The van der Waals surface area contributed by atoms with Crippen LogP contribution in [0.1, 0.15) is 30.9 Å². The third-order valence-corrected chi connectivity index (χ3v) is 4.93. The number of nitrogens with zero attached hydrogens (tertiary/aromatic N) is 1. The summed E-state index contributed by atoms with van der Waals surface area (Å²) >= 11 is 0. The maximum absolute atomic E-state index is 10.8. The van der Waals surface area contributed by atoms with Crippen molar-refractivity contribution in [3.05, 3.63) is 54.4 Å². The minimum atomic E-state index is -0.716. The number of nitrogens with one attached hydrogen (secondary N) is 2. The number of aromatic nitrogens is 2. The van der Waals surface area contributed by atoms with Crippen LogP contribution in [0.25, 0.3) is 10.9 Å². The lowest BCUT2D eigenvalue weighted by Crippen LogP contribution is -2.07. The van der Waals surface area contributed by atoms with Crippen LogP contribution >= 0.6 is 0 Å². The number of hydrogen-bond donors (Lipinski definition) is 3. The molecular formula is C21H23N3O3. The summed E-state index contributed by atoms with van der Waals surface area (Å²) in [6.45, 7) is 1.44. The predicted molar refractivity (Wildman–Crippen MR) is 104 cm³/mol. The normalized spacial score (nSPS) is 18.4. The van der Waals surface area contributed by atoms with Gasteiger partial charge in [-0.15, -0.1) is 0 Å². The van der Waals surface area contributed by atoms with Crippen LogP contribution in [0.5, 0.6) is 5.75 Å². The molecular weight excluding hydrogens is 342 g/mol. The van der Waals surface area contributed by atoms with E-state index in [2.05, 4.69) is 21.4 Å². The average molecular weight is 365 g/mol. The molecule has 140 valence electrons. The molecule has 3 aromatic rings. The number of carbonyl (C=O) groups is 1. The largest absolute Gasteiger partial charge is 0.494 e. The molecule has 0 aliphatic heterocycles. The highest BCUT2D eigenvalue weighted by atomic mass is 16.5. The van der Waals surface area contributed by atoms with Crippen molar-refractivity contribution < 1.29 is 14.6 Å². The van der Waals surface area contributed by atoms with Gasteiger partial charge in [-0.25, -0.2) is 4.98 Å². The number of benzene rings is 1. The van der Waals surface area contributed by atoms with Crippen LogP contribution in [-0.4, -0.2) is 34.2 Å². The smallest absolute Gasteiger partial charge is 0.303 e. The second-order valence-corrected chi connectivity index (χ2v) is 7.02. The standard InChI is InChI=1S/C21H23N3O3/c25-21(26)13-14-11-17(14)19-12-15-10-16(5-6-18(15)24-19)27-9-3-8-23-20-4-1-2-7-22-20/h1-2,4-7,10,12,14,17,24H,3,8-9,11,13H2,(H,22,23)(H,25,26)/t14-,17+/m0/s1. The summed E-state index contributed by atoms with van der Waals surface area (Å²) in [4.78, 5) is 18.5. The summed E-state index contributed by atoms with van der Waals surface area (Å²) in [7, 11) is 0. The van der Waals surface area contributed by atoms with E-state index in [0.29, 0.717) is 12.5 Å². The lowest BCUT2D eigenvalue weighted by molar-refractivity contribution is -0.137. The quantitative estimate of drug-likeness (QED) is 0.499. The molecule has 6 nitrogen and oxygen atoms in total. The number of anilines is 1. The van der Waals surface area contributed by atoms with Gasteiger partial charge in [0, 0.05) is 41.7 Å². The molecule has 1 aromatic carbocycles. The Bertz CT molecular complexity index is 923. The van der Waals surface area contributed by atoms with Gasteiger partial charge in [0.15, 0.2) is 0 Å². The number of ether oxygens (including phenoxy) is 1. The molecule has 1 saturated carbocycles. The Kier molecular flexibility index (Phi) is 4.96. The molecule has 0 saturated heterocycles. The predicted octanol–water partition coefficient (Wildman–Crippen LogP) is 4.02. The Balaban J connectivity index is 1.28. The van der Waals surface area contributed by atoms with E-state index in [4.69, 9.17) is 9.84 Å². The number of carboxylic acid groups (broad SMARTS) is 1. The molecule has 3 N–H and O–H groups in total. The highest BCUT2D eigenvalue weighted by Gasteiger charge is 2.40. The molecule has 4 rings (SSSR count). The van der Waals surface area contributed by atoms with E-state index >= 15 is 0 Å². The van der Waals surface area contributed by atoms with Crippen LogP contribution in [0.4, 0.5) is 5.82 Å². The number of carboxylic acids is 1. The summed E-state index contributed by atoms with van der Waals surface area (Å²) < 4.78 is 5.86. The molecule has 2 aromatic heterocycles. The van der Waals surface area contributed by atoms with E-state index in [0.717, 1.165) is 47.6 Å². The van der Waals surface area contributed by atoms with Gasteiger partial charge in [-0.3, -0.25) is 4.79 Å². The van der Waals surface area contributed by atoms with Gasteiger partial charge in [-0.2, -0.15) is 0 Å². The van der Waals surface area contributed by atoms with Crippen molar-refractivity contribution >= 4 is 22.7 Å². The van der Waals surface area contributed by atoms with Crippen LogP contribution in [0, 0.1) is 5.92 Å². The minimum Gasteiger partial charge on any atom is -0.494 e. The van der Waals surface area contributed by atoms with Gasteiger partial charge in [0.1, 0.15) is 11.6 Å². The Hall–Kier alpha value is -3.02. The number of H-pyrrole nitrogens is 1. The zero-order valence-corrected chi connectivity index (χ0v) is 15.0. The van der Waals surface area contributed by atoms with Crippen LogP contribution in [0.15, 0.2) is 48.7 Å². The zero-order valence-electron chi connectivity index (χ0n) is 15.0. The second-order valence-electron chi connectivity index (χ2n) is 7.02. The SMILES string of the molecule is O=C(O)C[C@@H]1C[C@H]1c1cc2cc(OCCCNc3ccccn3)ccc2[nH]1. The van der Waals surface area contributed by atoms with Gasteiger partial charge in [-0.1, -0.05) is 6.07 Å². The third-order valence-electron chi connectivity index (χ3n) is 4.93. The molecule has 0 radical (unpaired) electrons. The average Bonchev–Trinajstić information content (AvgIpc) is 3.28. The first-order chi connectivity index (χ1) is 13.2. The first-order valence-corrected chi connectivity index (χ1v) is 9.31. The third kappa shape index (κ3) is 4.39. The zero-order chi connectivity index (χ0) is 18.6. The van der Waals surface area contributed by atoms with Gasteiger partial charge >= 0.3 is 5.97 Å². The summed E-state index contributed by atoms with van der Waals surface area (Å²) in [5, 5.41) is 13.3. The fourth-order valence-corrected chi connectivity index (χ4v) is 3.45. The van der Waals surface area contributed by atoms with Gasteiger partial charge in [-0.05, 0) is 55.2 Å². The Labute approximate surface area is 157 Å². The minimum absolute atomic E-state index is 0.251. The number of fused-ring (bicyclic) bond motifs is 1. The topological polar surface area (TPSA) is 87.2 Å². The highest BCUT2D eigenvalue weighted by Crippen LogP contribution is 2.49. The second kappa shape index (κ2) is 7.70. The van der Waals surface area contributed by atoms with Crippen molar-refractivity contribution in [1.82, 2.24) is 9.97 Å². The number of aliphatic carboxylic acids is 1. The fraction of sp³-hybridized carbons (Fsp3) is 0.333. The maximum atomic E-state index is 10.8. The molecule has 6 heteroatoms. The number of pyridine rings is 1. The lowest BCUT2D eigenvalue weighted by atomic mass is 10.2. The molecule has 1 fully saturated rings. The van der Waals surface area contributed by atoms with Gasteiger partial charge in [0.25, 0.3) is 0 Å². The van der Waals surface area contributed by atoms with Gasteiger partial charge < -0.3 is 20.1 Å². The van der Waals surface area contributed by atoms with E-state index in [9.17, 15) is 4.79 Å². The van der Waals surface area contributed by atoms with Crippen molar-refractivity contribution in [3.63, 3.8) is 0 Å². The van der Waals surface area contributed by atoms with Crippen LogP contribution in [0.2, 0.25) is 0 Å². The maximum Gasteiger partial charge on any atom is 0.303 e. The van der Waals surface area contributed by atoms with E-state index in [-0.39, 0.29) is 12.3 Å². The molecule has 27 heavy (non-hydrogen) atoms. The summed E-state index contributed by atoms with van der Waals surface area (Å²) in [5.74, 6) is 1.61. The van der Waals surface area contributed by atoms with Crippen molar-refractivity contribution in [2.24, 2.45) is 5.92 Å². The Morgan fingerprint density at radius 3 is 3.04 bits per heavy atom.